The Hall–Kier alpha value is -2.75. The highest BCUT2D eigenvalue weighted by atomic mass is 35.5. The number of primary amides is 1. The van der Waals surface area contributed by atoms with Gasteiger partial charge in [-0.1, -0.05) is 23.7 Å². The van der Waals surface area contributed by atoms with E-state index in [2.05, 4.69) is 5.32 Å². The number of alkyl halides is 6. The molecule has 2 rings (SSSR count). The van der Waals surface area contributed by atoms with Crippen LogP contribution >= 0.6 is 11.6 Å². The second-order valence-electron chi connectivity index (χ2n) is 6.45. The molecule has 11 heteroatoms. The molecule has 1 atom stereocenters. The summed E-state index contributed by atoms with van der Waals surface area (Å²) in [6.07, 6.45) is -10.9. The summed E-state index contributed by atoms with van der Waals surface area (Å²) in [5.74, 6) is -1.89. The SMILES string of the molecule is NC(=O)[C@@H](Cc1cccc(Cl)c1)NC(=O)Cc1cc(C(F)(F)F)cc(C(F)(F)F)c1. The van der Waals surface area contributed by atoms with Crippen LogP contribution in [-0.2, 0) is 34.8 Å². The second-order valence-corrected chi connectivity index (χ2v) is 6.88. The molecule has 0 spiro atoms. The maximum absolute atomic E-state index is 12.9. The molecule has 30 heavy (non-hydrogen) atoms. The minimum absolute atomic E-state index is 0.0350. The first-order valence-corrected chi connectivity index (χ1v) is 8.75. The highest BCUT2D eigenvalue weighted by Gasteiger charge is 2.37. The van der Waals surface area contributed by atoms with Gasteiger partial charge in [-0.05, 0) is 41.5 Å². The van der Waals surface area contributed by atoms with Crippen LogP contribution in [0.4, 0.5) is 26.3 Å². The van der Waals surface area contributed by atoms with Gasteiger partial charge in [0.2, 0.25) is 11.8 Å². The monoisotopic (exact) mass is 452 g/mol. The second kappa shape index (κ2) is 8.95. The number of amides is 2. The Balaban J connectivity index is 2.21. The number of rotatable bonds is 6. The van der Waals surface area contributed by atoms with Crippen LogP contribution in [0.15, 0.2) is 42.5 Å². The standard InChI is InChI=1S/C19H15ClF6N2O2/c20-14-3-1-2-10(6-14)7-15(17(27)30)28-16(29)8-11-4-12(18(21,22)23)9-13(5-11)19(24,25)26/h1-6,9,15H,7-8H2,(H2,27,30)(H,28,29)/t15-/m1/s1. The normalized spacial score (nSPS) is 13.0. The van der Waals surface area contributed by atoms with Crippen molar-refractivity contribution in [3.05, 3.63) is 69.7 Å². The summed E-state index contributed by atoms with van der Waals surface area (Å²) in [6, 6.07) is 5.93. The molecule has 0 saturated carbocycles. The minimum atomic E-state index is -5.03. The third-order valence-electron chi connectivity index (χ3n) is 4.02. The van der Waals surface area contributed by atoms with Crippen molar-refractivity contribution in [2.24, 2.45) is 5.73 Å². The molecule has 0 heterocycles. The molecule has 0 fully saturated rings. The summed E-state index contributed by atoms with van der Waals surface area (Å²) < 4.78 is 77.5. The Morgan fingerprint density at radius 1 is 0.933 bits per heavy atom. The van der Waals surface area contributed by atoms with Crippen molar-refractivity contribution in [3.63, 3.8) is 0 Å². The smallest absolute Gasteiger partial charge is 0.368 e. The number of nitrogens with one attached hydrogen (secondary N) is 1. The minimum Gasteiger partial charge on any atom is -0.368 e. The van der Waals surface area contributed by atoms with Crippen molar-refractivity contribution in [2.75, 3.05) is 0 Å². The zero-order valence-electron chi connectivity index (χ0n) is 15.1. The number of carbonyl (C=O) groups excluding carboxylic acids is 2. The highest BCUT2D eigenvalue weighted by molar-refractivity contribution is 6.30. The van der Waals surface area contributed by atoms with Crippen molar-refractivity contribution < 1.29 is 35.9 Å². The molecule has 0 aliphatic carbocycles. The van der Waals surface area contributed by atoms with Gasteiger partial charge in [-0.2, -0.15) is 26.3 Å². The summed E-state index contributed by atoms with van der Waals surface area (Å²) >= 11 is 5.84. The molecule has 3 N–H and O–H groups in total. The zero-order chi connectivity index (χ0) is 22.7. The molecule has 0 saturated heterocycles. The number of hydrogen-bond acceptors (Lipinski definition) is 2. The largest absolute Gasteiger partial charge is 0.416 e. The van der Waals surface area contributed by atoms with E-state index in [-0.39, 0.29) is 12.5 Å². The maximum atomic E-state index is 12.9. The molecule has 4 nitrogen and oxygen atoms in total. The van der Waals surface area contributed by atoms with E-state index in [1.165, 1.54) is 6.07 Å². The lowest BCUT2D eigenvalue weighted by atomic mass is 10.0. The molecule has 0 aromatic heterocycles. The van der Waals surface area contributed by atoms with Crippen molar-refractivity contribution in [2.45, 2.75) is 31.2 Å². The Kier molecular flexibility index (Phi) is 7.02. The predicted molar refractivity (Wildman–Crippen MR) is 96.4 cm³/mol. The van der Waals surface area contributed by atoms with Crippen molar-refractivity contribution >= 4 is 23.4 Å². The molecule has 2 amide bonds. The van der Waals surface area contributed by atoms with Gasteiger partial charge in [-0.25, -0.2) is 0 Å². The van der Waals surface area contributed by atoms with Crippen LogP contribution in [0, 0.1) is 0 Å². The molecular formula is C19H15ClF6N2O2. The van der Waals surface area contributed by atoms with Crippen LogP contribution in [0.5, 0.6) is 0 Å². The van der Waals surface area contributed by atoms with Gasteiger partial charge in [-0.15, -0.1) is 0 Å². The topological polar surface area (TPSA) is 72.2 Å². The third-order valence-corrected chi connectivity index (χ3v) is 4.25. The van der Waals surface area contributed by atoms with Crippen LogP contribution in [0.2, 0.25) is 5.02 Å². The summed E-state index contributed by atoms with van der Waals surface area (Å²) in [5.41, 5.74) is 2.20. The van der Waals surface area contributed by atoms with Crippen molar-refractivity contribution in [3.8, 4) is 0 Å². The molecule has 0 aliphatic rings. The van der Waals surface area contributed by atoms with Gasteiger partial charge >= 0.3 is 12.4 Å². The molecule has 162 valence electrons. The third kappa shape index (κ3) is 6.65. The van der Waals surface area contributed by atoms with Crippen molar-refractivity contribution in [1.29, 1.82) is 0 Å². The molecule has 0 bridgehead atoms. The number of nitrogens with two attached hydrogens (primary N) is 1. The fourth-order valence-electron chi connectivity index (χ4n) is 2.67. The lowest BCUT2D eigenvalue weighted by molar-refractivity contribution is -0.143. The Morgan fingerprint density at radius 3 is 1.97 bits per heavy atom. The fourth-order valence-corrected chi connectivity index (χ4v) is 2.89. The van der Waals surface area contributed by atoms with Gasteiger partial charge in [0.05, 0.1) is 17.5 Å². The Morgan fingerprint density at radius 2 is 1.50 bits per heavy atom. The molecule has 2 aromatic rings. The first-order valence-electron chi connectivity index (χ1n) is 8.37. The first-order chi connectivity index (χ1) is 13.8. The lowest BCUT2D eigenvalue weighted by Crippen LogP contribution is -2.46. The number of hydrogen-bond donors (Lipinski definition) is 2. The Bertz CT molecular complexity index is 911. The molecule has 0 radical (unpaired) electrons. The van der Waals surface area contributed by atoms with E-state index in [0.717, 1.165) is 0 Å². The van der Waals surface area contributed by atoms with Gasteiger partial charge in [0.25, 0.3) is 0 Å². The molecular weight excluding hydrogens is 438 g/mol. The lowest BCUT2D eigenvalue weighted by Gasteiger charge is -2.17. The van der Waals surface area contributed by atoms with E-state index in [0.29, 0.717) is 22.7 Å². The first kappa shape index (κ1) is 23.5. The number of halogens is 7. The highest BCUT2D eigenvalue weighted by Crippen LogP contribution is 2.36. The fraction of sp³-hybridized carbons (Fsp3) is 0.263. The average Bonchev–Trinajstić information content (AvgIpc) is 2.59. The summed E-state index contributed by atoms with van der Waals surface area (Å²) in [5, 5.41) is 2.60. The summed E-state index contributed by atoms with van der Waals surface area (Å²) in [7, 11) is 0. The van der Waals surface area contributed by atoms with Crippen molar-refractivity contribution in [1.82, 2.24) is 5.32 Å². The van der Waals surface area contributed by atoms with Gasteiger partial charge in [0.15, 0.2) is 0 Å². The van der Waals surface area contributed by atoms with E-state index < -0.39 is 53.3 Å². The van der Waals surface area contributed by atoms with E-state index >= 15 is 0 Å². The predicted octanol–water partition coefficient (Wildman–Crippen LogP) is 4.13. The molecule has 0 aliphatic heterocycles. The quantitative estimate of drug-likeness (QED) is 0.647. The Labute approximate surface area is 172 Å². The van der Waals surface area contributed by atoms with Crippen LogP contribution in [0.3, 0.4) is 0 Å². The van der Waals surface area contributed by atoms with Crippen LogP contribution in [-0.4, -0.2) is 17.9 Å². The van der Waals surface area contributed by atoms with E-state index in [9.17, 15) is 35.9 Å². The van der Waals surface area contributed by atoms with Gasteiger partial charge in [-0.3, -0.25) is 9.59 Å². The molecule has 2 aromatic carbocycles. The van der Waals surface area contributed by atoms with Gasteiger partial charge in [0, 0.05) is 11.4 Å². The van der Waals surface area contributed by atoms with Crippen LogP contribution in [0.25, 0.3) is 0 Å². The number of carbonyl (C=O) groups is 2. The summed E-state index contributed by atoms with van der Waals surface area (Å²) in [4.78, 5) is 23.8. The van der Waals surface area contributed by atoms with E-state index in [1.54, 1.807) is 18.2 Å². The van der Waals surface area contributed by atoms with Crippen LogP contribution in [0.1, 0.15) is 22.3 Å². The maximum Gasteiger partial charge on any atom is 0.416 e. The van der Waals surface area contributed by atoms with Gasteiger partial charge in [0.1, 0.15) is 6.04 Å². The van der Waals surface area contributed by atoms with E-state index in [4.69, 9.17) is 17.3 Å². The zero-order valence-corrected chi connectivity index (χ0v) is 15.8. The van der Waals surface area contributed by atoms with Crippen LogP contribution < -0.4 is 11.1 Å². The average molecular weight is 453 g/mol. The van der Waals surface area contributed by atoms with E-state index in [1.807, 2.05) is 0 Å². The van der Waals surface area contributed by atoms with Gasteiger partial charge < -0.3 is 11.1 Å². The summed E-state index contributed by atoms with van der Waals surface area (Å²) in [6.45, 7) is 0. The number of benzene rings is 2. The molecule has 0 unspecified atom stereocenters.